The Labute approximate surface area is 110 Å². The largest absolute Gasteiger partial charge is 0.378 e. The van der Waals surface area contributed by atoms with E-state index in [9.17, 15) is 8.42 Å². The maximum absolute atomic E-state index is 12.4. The van der Waals surface area contributed by atoms with E-state index in [1.165, 1.54) is 15.6 Å². The Kier molecular flexibility index (Phi) is 3.19. The van der Waals surface area contributed by atoms with Crippen molar-refractivity contribution >= 4 is 21.4 Å². The summed E-state index contributed by atoms with van der Waals surface area (Å²) in [5, 5.41) is 1.78. The zero-order chi connectivity index (χ0) is 12.6. The van der Waals surface area contributed by atoms with E-state index in [4.69, 9.17) is 9.47 Å². The van der Waals surface area contributed by atoms with Gasteiger partial charge < -0.3 is 9.47 Å². The van der Waals surface area contributed by atoms with Gasteiger partial charge in [0.1, 0.15) is 9.81 Å². The minimum atomic E-state index is -3.37. The van der Waals surface area contributed by atoms with Crippen LogP contribution in [0, 0.1) is 0 Å². The highest BCUT2D eigenvalue weighted by Gasteiger charge is 2.44. The Morgan fingerprint density at radius 3 is 2.94 bits per heavy atom. The summed E-state index contributed by atoms with van der Waals surface area (Å²) in [7, 11) is -3.37. The van der Waals surface area contributed by atoms with Crippen molar-refractivity contribution in [2.75, 3.05) is 32.9 Å². The first kappa shape index (κ1) is 12.6. The summed E-state index contributed by atoms with van der Waals surface area (Å²) in [5.74, 6) is 0. The third kappa shape index (κ3) is 2.10. The predicted octanol–water partition coefficient (Wildman–Crippen LogP) is 0.928. The lowest BCUT2D eigenvalue weighted by Crippen LogP contribution is -2.53. The maximum atomic E-state index is 12.4. The summed E-state index contributed by atoms with van der Waals surface area (Å²) >= 11 is 1.25. The van der Waals surface area contributed by atoms with Crippen LogP contribution in [-0.2, 0) is 19.5 Å². The SMILES string of the molecule is O=S(=O)(c1cccs1)N1CCOC2(CCOC2)C1. The topological polar surface area (TPSA) is 55.8 Å². The molecule has 2 fully saturated rings. The molecule has 0 aliphatic carbocycles. The molecule has 3 heterocycles. The number of rotatable bonds is 2. The number of hydrogen-bond donors (Lipinski definition) is 0. The van der Waals surface area contributed by atoms with Gasteiger partial charge >= 0.3 is 0 Å². The number of hydrogen-bond acceptors (Lipinski definition) is 5. The van der Waals surface area contributed by atoms with Crippen molar-refractivity contribution in [3.8, 4) is 0 Å². The van der Waals surface area contributed by atoms with Gasteiger partial charge in [0, 0.05) is 26.1 Å². The monoisotopic (exact) mass is 289 g/mol. The van der Waals surface area contributed by atoms with Crippen LogP contribution in [-0.4, -0.2) is 51.2 Å². The maximum Gasteiger partial charge on any atom is 0.252 e. The van der Waals surface area contributed by atoms with Gasteiger partial charge in [0.2, 0.25) is 0 Å². The Bertz CT molecular complexity index is 505. The van der Waals surface area contributed by atoms with Crippen molar-refractivity contribution in [2.24, 2.45) is 0 Å². The second-order valence-electron chi connectivity index (χ2n) is 4.60. The molecule has 7 heteroatoms. The molecule has 2 aliphatic heterocycles. The normalized spacial score (nSPS) is 30.0. The average Bonchev–Trinajstić information content (AvgIpc) is 3.01. The second kappa shape index (κ2) is 4.57. The van der Waals surface area contributed by atoms with E-state index in [2.05, 4.69) is 0 Å². The fourth-order valence-electron chi connectivity index (χ4n) is 2.38. The molecule has 1 spiro atoms. The molecule has 1 unspecified atom stereocenters. The van der Waals surface area contributed by atoms with Crippen molar-refractivity contribution < 1.29 is 17.9 Å². The van der Waals surface area contributed by atoms with Crippen molar-refractivity contribution in [1.82, 2.24) is 4.31 Å². The van der Waals surface area contributed by atoms with Crippen LogP contribution in [0.4, 0.5) is 0 Å². The molecule has 0 radical (unpaired) electrons. The highest BCUT2D eigenvalue weighted by molar-refractivity contribution is 7.91. The fraction of sp³-hybridized carbons (Fsp3) is 0.636. The molecule has 1 atom stereocenters. The number of sulfonamides is 1. The van der Waals surface area contributed by atoms with Gasteiger partial charge in [-0.15, -0.1) is 11.3 Å². The van der Waals surface area contributed by atoms with Crippen LogP contribution in [0.3, 0.4) is 0 Å². The van der Waals surface area contributed by atoms with Crippen LogP contribution < -0.4 is 0 Å². The number of nitrogens with zero attached hydrogens (tertiary/aromatic N) is 1. The summed E-state index contributed by atoms with van der Waals surface area (Å²) in [4.78, 5) is 0. The molecular weight excluding hydrogens is 274 g/mol. The van der Waals surface area contributed by atoms with Crippen molar-refractivity contribution in [1.29, 1.82) is 0 Å². The van der Waals surface area contributed by atoms with E-state index < -0.39 is 15.6 Å². The molecule has 18 heavy (non-hydrogen) atoms. The van der Waals surface area contributed by atoms with Gasteiger partial charge in [-0.3, -0.25) is 0 Å². The van der Waals surface area contributed by atoms with E-state index >= 15 is 0 Å². The molecule has 100 valence electrons. The fourth-order valence-corrected chi connectivity index (χ4v) is 5.02. The molecule has 3 rings (SSSR count). The van der Waals surface area contributed by atoms with Crippen LogP contribution in [0.25, 0.3) is 0 Å². The first-order valence-electron chi connectivity index (χ1n) is 5.88. The molecular formula is C11H15NO4S2. The molecule has 1 aromatic rings. The number of thiophene rings is 1. The lowest BCUT2D eigenvalue weighted by atomic mass is 10.0. The second-order valence-corrected chi connectivity index (χ2v) is 7.72. The molecule has 2 aliphatic rings. The minimum Gasteiger partial charge on any atom is -0.378 e. The lowest BCUT2D eigenvalue weighted by Gasteiger charge is -2.38. The highest BCUT2D eigenvalue weighted by Crippen LogP contribution is 2.31. The van der Waals surface area contributed by atoms with Crippen LogP contribution in [0.2, 0.25) is 0 Å². The Hall–Kier alpha value is -0.470. The molecule has 0 amide bonds. The highest BCUT2D eigenvalue weighted by atomic mass is 32.2. The van der Waals surface area contributed by atoms with E-state index in [-0.39, 0.29) is 0 Å². The Morgan fingerprint density at radius 1 is 1.39 bits per heavy atom. The van der Waals surface area contributed by atoms with Gasteiger partial charge in [-0.1, -0.05) is 6.07 Å². The Balaban J connectivity index is 1.84. The first-order valence-corrected chi connectivity index (χ1v) is 8.20. The third-order valence-electron chi connectivity index (χ3n) is 3.37. The van der Waals surface area contributed by atoms with E-state index in [0.29, 0.717) is 37.1 Å². The van der Waals surface area contributed by atoms with Gasteiger partial charge in [-0.05, 0) is 11.4 Å². The third-order valence-corrected chi connectivity index (χ3v) is 6.59. The van der Waals surface area contributed by atoms with Gasteiger partial charge in [0.25, 0.3) is 10.0 Å². The minimum absolute atomic E-state index is 0.396. The Morgan fingerprint density at radius 2 is 2.28 bits per heavy atom. The predicted molar refractivity (Wildman–Crippen MR) is 67.2 cm³/mol. The molecule has 1 aromatic heterocycles. The van der Waals surface area contributed by atoms with Gasteiger partial charge in [0.15, 0.2) is 0 Å². The molecule has 0 aromatic carbocycles. The smallest absolute Gasteiger partial charge is 0.252 e. The average molecular weight is 289 g/mol. The zero-order valence-corrected chi connectivity index (χ0v) is 11.5. The summed E-state index contributed by atoms with van der Waals surface area (Å²) in [5.41, 5.74) is -0.428. The van der Waals surface area contributed by atoms with Crippen molar-refractivity contribution in [3.05, 3.63) is 17.5 Å². The van der Waals surface area contributed by atoms with E-state index in [1.54, 1.807) is 17.5 Å². The van der Waals surface area contributed by atoms with E-state index in [0.717, 1.165) is 6.42 Å². The van der Waals surface area contributed by atoms with Gasteiger partial charge in [-0.2, -0.15) is 4.31 Å². The van der Waals surface area contributed by atoms with Crippen molar-refractivity contribution in [2.45, 2.75) is 16.2 Å². The van der Waals surface area contributed by atoms with Crippen LogP contribution in [0.1, 0.15) is 6.42 Å². The van der Waals surface area contributed by atoms with Gasteiger partial charge in [0.05, 0.1) is 13.2 Å². The quantitative estimate of drug-likeness (QED) is 0.812. The molecule has 5 nitrogen and oxygen atoms in total. The molecule has 2 saturated heterocycles. The summed E-state index contributed by atoms with van der Waals surface area (Å²) in [6, 6.07) is 3.40. The lowest BCUT2D eigenvalue weighted by molar-refractivity contribution is -0.0897. The number of morpholine rings is 1. The number of ether oxygens (including phenoxy) is 2. The van der Waals surface area contributed by atoms with E-state index in [1.807, 2.05) is 0 Å². The molecule has 0 N–H and O–H groups in total. The summed E-state index contributed by atoms with van der Waals surface area (Å²) < 4.78 is 37.9. The molecule has 0 bridgehead atoms. The standard InChI is InChI=1S/C11H15NO4S2/c13-18(14,10-2-1-7-17-10)12-4-6-16-11(8-12)3-5-15-9-11/h1-2,7H,3-6,8-9H2. The van der Waals surface area contributed by atoms with Gasteiger partial charge in [-0.25, -0.2) is 8.42 Å². The van der Waals surface area contributed by atoms with Crippen LogP contribution in [0.15, 0.2) is 21.7 Å². The summed E-state index contributed by atoms with van der Waals surface area (Å²) in [6.45, 7) is 2.39. The van der Waals surface area contributed by atoms with Crippen LogP contribution in [0.5, 0.6) is 0 Å². The zero-order valence-electron chi connectivity index (χ0n) is 9.87. The molecule has 0 saturated carbocycles. The van der Waals surface area contributed by atoms with Crippen LogP contribution >= 0.6 is 11.3 Å². The first-order chi connectivity index (χ1) is 8.62. The van der Waals surface area contributed by atoms with Crippen molar-refractivity contribution in [3.63, 3.8) is 0 Å². The summed E-state index contributed by atoms with van der Waals surface area (Å²) in [6.07, 6.45) is 0.767.